The van der Waals surface area contributed by atoms with Crippen molar-refractivity contribution in [2.24, 2.45) is 0 Å². The van der Waals surface area contributed by atoms with E-state index in [1.165, 1.54) is 0 Å². The van der Waals surface area contributed by atoms with E-state index in [9.17, 15) is 0 Å². The van der Waals surface area contributed by atoms with E-state index in [0.29, 0.717) is 0 Å². The van der Waals surface area contributed by atoms with Gasteiger partial charge in [0.2, 0.25) is 0 Å². The van der Waals surface area contributed by atoms with E-state index in [-0.39, 0.29) is 0 Å². The van der Waals surface area contributed by atoms with Crippen LogP contribution in [0, 0.1) is 0 Å². The van der Waals surface area contributed by atoms with Gasteiger partial charge in [0.25, 0.3) is 0 Å². The molecule has 0 aromatic heterocycles. The third kappa shape index (κ3) is 2.91. The Hall–Kier alpha value is -0.540. The second kappa shape index (κ2) is 4.36. The summed E-state index contributed by atoms with van der Waals surface area (Å²) in [5, 5.41) is 6.20. The molecule has 0 aliphatic rings. The molecule has 0 atom stereocenters. The lowest BCUT2D eigenvalue weighted by Crippen LogP contribution is -2.16. The fourth-order valence-electron chi connectivity index (χ4n) is 0.758. The highest BCUT2D eigenvalue weighted by atomic mass is 79.9. The molecule has 0 heterocycles. The van der Waals surface area contributed by atoms with E-state index in [2.05, 4.69) is 26.6 Å². The summed E-state index contributed by atoms with van der Waals surface area (Å²) in [6, 6.07) is 8.08. The van der Waals surface area contributed by atoms with Crippen LogP contribution in [-0.2, 0) is 0 Å². The Bertz CT molecular complexity index is 208. The molecule has 0 bridgehead atoms. The molecule has 1 aromatic rings. The Morgan fingerprint density at radius 1 is 1.27 bits per heavy atom. The maximum atomic E-state index is 3.37. The summed E-state index contributed by atoms with van der Waals surface area (Å²) in [5.41, 5.74) is 1.13. The van der Waals surface area contributed by atoms with Crippen molar-refractivity contribution >= 4 is 21.6 Å². The van der Waals surface area contributed by atoms with Gasteiger partial charge < -0.3 is 10.6 Å². The zero-order valence-electron chi connectivity index (χ0n) is 6.39. The predicted octanol–water partition coefficient (Wildman–Crippen LogP) is 2.04. The van der Waals surface area contributed by atoms with Crippen molar-refractivity contribution in [3.8, 4) is 0 Å². The first-order valence-corrected chi connectivity index (χ1v) is 4.26. The maximum absolute atomic E-state index is 3.37. The van der Waals surface area contributed by atoms with E-state index < -0.39 is 0 Å². The lowest BCUT2D eigenvalue weighted by molar-refractivity contribution is 0.874. The molecule has 11 heavy (non-hydrogen) atoms. The van der Waals surface area contributed by atoms with Gasteiger partial charge in [-0.05, 0) is 31.3 Å². The molecule has 2 N–H and O–H groups in total. The Labute approximate surface area is 75.1 Å². The topological polar surface area (TPSA) is 24.1 Å². The minimum atomic E-state index is 0.793. The number of halogens is 1. The van der Waals surface area contributed by atoms with E-state index in [0.717, 1.165) is 16.8 Å². The second-order valence-corrected chi connectivity index (χ2v) is 3.13. The van der Waals surface area contributed by atoms with Crippen LogP contribution >= 0.6 is 15.9 Å². The van der Waals surface area contributed by atoms with E-state index in [1.807, 2.05) is 31.3 Å². The summed E-state index contributed by atoms with van der Waals surface area (Å²) in [6.07, 6.45) is 0. The Morgan fingerprint density at radius 2 is 1.91 bits per heavy atom. The molecule has 0 aliphatic heterocycles. The Morgan fingerprint density at radius 3 is 2.45 bits per heavy atom. The highest BCUT2D eigenvalue weighted by molar-refractivity contribution is 9.10. The maximum Gasteiger partial charge on any atom is 0.0650 e. The molecule has 0 spiro atoms. The van der Waals surface area contributed by atoms with E-state index in [1.54, 1.807) is 0 Å². The molecule has 60 valence electrons. The van der Waals surface area contributed by atoms with Crippen LogP contribution in [0.5, 0.6) is 0 Å². The van der Waals surface area contributed by atoms with Gasteiger partial charge in [-0.15, -0.1) is 0 Å². The molecular formula is C8H11BrN2. The number of nitrogens with one attached hydrogen (secondary N) is 2. The SMILES string of the molecule is CNCNc1ccc(Br)cc1. The third-order valence-corrected chi connectivity index (χ3v) is 1.84. The van der Waals surface area contributed by atoms with Crippen LogP contribution in [0.25, 0.3) is 0 Å². The summed E-state index contributed by atoms with van der Waals surface area (Å²) in [6.45, 7) is 0.793. The fraction of sp³-hybridized carbons (Fsp3) is 0.250. The van der Waals surface area contributed by atoms with Gasteiger partial charge in [-0.1, -0.05) is 15.9 Å². The van der Waals surface area contributed by atoms with Gasteiger partial charge in [-0.25, -0.2) is 0 Å². The molecule has 0 aliphatic carbocycles. The first-order chi connectivity index (χ1) is 5.33. The lowest BCUT2D eigenvalue weighted by atomic mass is 10.3. The summed E-state index contributed by atoms with van der Waals surface area (Å²) in [7, 11) is 1.91. The average molecular weight is 215 g/mol. The molecule has 0 fully saturated rings. The van der Waals surface area contributed by atoms with Crippen molar-refractivity contribution in [2.45, 2.75) is 0 Å². The van der Waals surface area contributed by atoms with Gasteiger partial charge in [-0.2, -0.15) is 0 Å². The van der Waals surface area contributed by atoms with Crippen LogP contribution in [0.1, 0.15) is 0 Å². The summed E-state index contributed by atoms with van der Waals surface area (Å²) < 4.78 is 1.10. The van der Waals surface area contributed by atoms with Crippen molar-refractivity contribution in [3.63, 3.8) is 0 Å². The molecule has 0 amide bonds. The number of rotatable bonds is 3. The van der Waals surface area contributed by atoms with Crippen LogP contribution in [-0.4, -0.2) is 13.7 Å². The van der Waals surface area contributed by atoms with Crippen molar-refractivity contribution in [3.05, 3.63) is 28.7 Å². The van der Waals surface area contributed by atoms with Crippen LogP contribution < -0.4 is 10.6 Å². The number of benzene rings is 1. The molecule has 0 saturated carbocycles. The van der Waals surface area contributed by atoms with Crippen LogP contribution in [0.2, 0.25) is 0 Å². The van der Waals surface area contributed by atoms with Gasteiger partial charge in [0.1, 0.15) is 0 Å². The summed E-state index contributed by atoms with van der Waals surface area (Å²) in [4.78, 5) is 0. The molecule has 0 unspecified atom stereocenters. The van der Waals surface area contributed by atoms with Gasteiger partial charge >= 0.3 is 0 Å². The number of hydrogen-bond donors (Lipinski definition) is 2. The highest BCUT2D eigenvalue weighted by Crippen LogP contribution is 2.13. The number of anilines is 1. The fourth-order valence-corrected chi connectivity index (χ4v) is 1.02. The van der Waals surface area contributed by atoms with Gasteiger partial charge in [0, 0.05) is 10.2 Å². The average Bonchev–Trinajstić information content (AvgIpc) is 2.04. The highest BCUT2D eigenvalue weighted by Gasteiger charge is 1.88. The molecule has 0 saturated heterocycles. The zero-order chi connectivity index (χ0) is 8.10. The Kier molecular flexibility index (Phi) is 3.39. The molecular weight excluding hydrogens is 204 g/mol. The third-order valence-electron chi connectivity index (χ3n) is 1.31. The molecule has 3 heteroatoms. The molecule has 2 nitrogen and oxygen atoms in total. The van der Waals surface area contributed by atoms with Crippen molar-refractivity contribution < 1.29 is 0 Å². The van der Waals surface area contributed by atoms with Crippen LogP contribution in [0.3, 0.4) is 0 Å². The smallest absolute Gasteiger partial charge is 0.0650 e. The van der Waals surface area contributed by atoms with Crippen LogP contribution in [0.15, 0.2) is 28.7 Å². The summed E-state index contributed by atoms with van der Waals surface area (Å²) in [5.74, 6) is 0. The normalized spacial score (nSPS) is 9.64. The van der Waals surface area contributed by atoms with Crippen molar-refractivity contribution in [2.75, 3.05) is 19.0 Å². The van der Waals surface area contributed by atoms with Crippen molar-refractivity contribution in [1.29, 1.82) is 0 Å². The second-order valence-electron chi connectivity index (χ2n) is 2.21. The largest absolute Gasteiger partial charge is 0.372 e. The first-order valence-electron chi connectivity index (χ1n) is 3.47. The van der Waals surface area contributed by atoms with Gasteiger partial charge in [0.15, 0.2) is 0 Å². The molecule has 0 radical (unpaired) electrons. The van der Waals surface area contributed by atoms with Crippen molar-refractivity contribution in [1.82, 2.24) is 5.32 Å². The van der Waals surface area contributed by atoms with Gasteiger partial charge in [0.05, 0.1) is 6.67 Å². The first kappa shape index (κ1) is 8.56. The zero-order valence-corrected chi connectivity index (χ0v) is 7.98. The number of hydrogen-bond acceptors (Lipinski definition) is 2. The van der Waals surface area contributed by atoms with Crippen LogP contribution in [0.4, 0.5) is 5.69 Å². The van der Waals surface area contributed by atoms with E-state index in [4.69, 9.17) is 0 Å². The minimum absolute atomic E-state index is 0.793. The lowest BCUT2D eigenvalue weighted by Gasteiger charge is -2.03. The quantitative estimate of drug-likeness (QED) is 0.754. The molecule has 1 aromatic carbocycles. The standard InChI is InChI=1S/C8H11BrN2/c1-10-6-11-8-4-2-7(9)3-5-8/h2-5,10-11H,6H2,1H3. The monoisotopic (exact) mass is 214 g/mol. The summed E-state index contributed by atoms with van der Waals surface area (Å²) >= 11 is 3.37. The van der Waals surface area contributed by atoms with Gasteiger partial charge in [-0.3, -0.25) is 0 Å². The Balaban J connectivity index is 2.52. The molecule has 1 rings (SSSR count). The minimum Gasteiger partial charge on any atom is -0.372 e. The predicted molar refractivity (Wildman–Crippen MR) is 51.7 cm³/mol. The van der Waals surface area contributed by atoms with E-state index >= 15 is 0 Å².